The van der Waals surface area contributed by atoms with Gasteiger partial charge >= 0.3 is 0 Å². The summed E-state index contributed by atoms with van der Waals surface area (Å²) in [4.78, 5) is 18.5. The van der Waals surface area contributed by atoms with Crippen molar-refractivity contribution in [1.29, 1.82) is 0 Å². The highest BCUT2D eigenvalue weighted by atomic mass is 16.2. The first-order valence-electron chi connectivity index (χ1n) is 7.13. The van der Waals surface area contributed by atoms with Gasteiger partial charge in [0.25, 0.3) is 5.91 Å². The third-order valence-corrected chi connectivity index (χ3v) is 3.90. The second kappa shape index (κ2) is 6.04. The molecule has 4 heteroatoms. The Morgan fingerprint density at radius 2 is 2.16 bits per heavy atom. The van der Waals surface area contributed by atoms with Crippen LogP contribution in [-0.4, -0.2) is 28.9 Å². The van der Waals surface area contributed by atoms with Crippen molar-refractivity contribution >= 4 is 11.6 Å². The quantitative estimate of drug-likeness (QED) is 0.910. The second-order valence-corrected chi connectivity index (χ2v) is 5.44. The molecule has 1 saturated heterocycles. The maximum Gasteiger partial charge on any atom is 0.257 e. The predicted octanol–water partition coefficient (Wildman–Crippen LogP) is 2.62. The lowest BCUT2D eigenvalue weighted by molar-refractivity contribution is 0.0687. The minimum absolute atomic E-state index is 0.0277. The highest BCUT2D eigenvalue weighted by Crippen LogP contribution is 2.24. The zero-order valence-corrected chi connectivity index (χ0v) is 11.9. The molecular formula is C15H23N3O. The summed E-state index contributed by atoms with van der Waals surface area (Å²) in [6, 6.07) is 1.76. The summed E-state index contributed by atoms with van der Waals surface area (Å²) in [7, 11) is 0. The Morgan fingerprint density at radius 1 is 1.47 bits per heavy atom. The zero-order valence-electron chi connectivity index (χ0n) is 11.9. The molecule has 2 heterocycles. The molecule has 0 aliphatic carbocycles. The first kappa shape index (κ1) is 13.8. The largest absolute Gasteiger partial charge is 0.398 e. The standard InChI is InChI=1S/C15H23N3O/c1-3-4-12-5-7-18(8-6-12)15(19)13-10-17-11(2)9-14(13)16/h9-10,12H,3-8H2,1-2H3,(H2,16,17). The number of nitrogens with zero attached hydrogens (tertiary/aromatic N) is 2. The van der Waals surface area contributed by atoms with Gasteiger partial charge in [0.2, 0.25) is 0 Å². The number of nitrogen functional groups attached to an aromatic ring is 1. The average molecular weight is 261 g/mol. The molecule has 0 spiro atoms. The van der Waals surface area contributed by atoms with Crippen molar-refractivity contribution in [1.82, 2.24) is 9.88 Å². The summed E-state index contributed by atoms with van der Waals surface area (Å²) in [5.41, 5.74) is 7.84. The molecule has 4 nitrogen and oxygen atoms in total. The number of anilines is 1. The highest BCUT2D eigenvalue weighted by molar-refractivity contribution is 5.98. The van der Waals surface area contributed by atoms with Gasteiger partial charge in [-0.15, -0.1) is 0 Å². The first-order chi connectivity index (χ1) is 9.11. The molecule has 0 saturated carbocycles. The molecule has 2 N–H and O–H groups in total. The molecular weight excluding hydrogens is 238 g/mol. The fourth-order valence-electron chi connectivity index (χ4n) is 2.76. The summed E-state index contributed by atoms with van der Waals surface area (Å²) in [5.74, 6) is 0.808. The van der Waals surface area contributed by atoms with Gasteiger partial charge in [-0.25, -0.2) is 0 Å². The van der Waals surface area contributed by atoms with E-state index in [1.807, 2.05) is 11.8 Å². The number of pyridine rings is 1. The Bertz CT molecular complexity index is 451. The van der Waals surface area contributed by atoms with Gasteiger partial charge in [0.1, 0.15) is 0 Å². The number of hydrogen-bond acceptors (Lipinski definition) is 3. The lowest BCUT2D eigenvalue weighted by Crippen LogP contribution is -2.38. The summed E-state index contributed by atoms with van der Waals surface area (Å²) in [6.45, 7) is 5.78. The predicted molar refractivity (Wildman–Crippen MR) is 76.9 cm³/mol. The van der Waals surface area contributed by atoms with Gasteiger partial charge in [0.15, 0.2) is 0 Å². The summed E-state index contributed by atoms with van der Waals surface area (Å²) < 4.78 is 0. The maximum absolute atomic E-state index is 12.4. The van der Waals surface area contributed by atoms with Crippen LogP contribution in [0.25, 0.3) is 0 Å². The number of amides is 1. The second-order valence-electron chi connectivity index (χ2n) is 5.44. The molecule has 0 radical (unpaired) electrons. The summed E-state index contributed by atoms with van der Waals surface area (Å²) in [5, 5.41) is 0. The average Bonchev–Trinajstić information content (AvgIpc) is 2.39. The van der Waals surface area contributed by atoms with E-state index in [1.165, 1.54) is 12.8 Å². The van der Waals surface area contributed by atoms with Gasteiger partial charge in [0.05, 0.1) is 5.56 Å². The van der Waals surface area contributed by atoms with Crippen LogP contribution >= 0.6 is 0 Å². The van der Waals surface area contributed by atoms with Crippen molar-refractivity contribution in [2.45, 2.75) is 39.5 Å². The Morgan fingerprint density at radius 3 is 2.74 bits per heavy atom. The number of aromatic nitrogens is 1. The van der Waals surface area contributed by atoms with E-state index in [9.17, 15) is 4.79 Å². The van der Waals surface area contributed by atoms with Crippen LogP contribution in [0, 0.1) is 12.8 Å². The number of likely N-dealkylation sites (tertiary alicyclic amines) is 1. The molecule has 0 atom stereocenters. The number of carbonyl (C=O) groups is 1. The Hall–Kier alpha value is -1.58. The smallest absolute Gasteiger partial charge is 0.257 e. The fourth-order valence-corrected chi connectivity index (χ4v) is 2.76. The van der Waals surface area contributed by atoms with Crippen molar-refractivity contribution in [2.24, 2.45) is 5.92 Å². The molecule has 0 aromatic carbocycles. The SMILES string of the molecule is CCCC1CCN(C(=O)c2cnc(C)cc2N)CC1. The van der Waals surface area contributed by atoms with E-state index in [2.05, 4.69) is 11.9 Å². The van der Waals surface area contributed by atoms with Crippen LogP contribution in [-0.2, 0) is 0 Å². The van der Waals surface area contributed by atoms with Crippen molar-refractivity contribution in [3.63, 3.8) is 0 Å². The van der Waals surface area contributed by atoms with Crippen LogP contribution in [0.5, 0.6) is 0 Å². The first-order valence-corrected chi connectivity index (χ1v) is 7.13. The number of piperidine rings is 1. The lowest BCUT2D eigenvalue weighted by Gasteiger charge is -2.32. The molecule has 19 heavy (non-hydrogen) atoms. The molecule has 0 bridgehead atoms. The number of carbonyl (C=O) groups excluding carboxylic acids is 1. The molecule has 1 aliphatic rings. The van der Waals surface area contributed by atoms with Crippen LogP contribution < -0.4 is 5.73 Å². The zero-order chi connectivity index (χ0) is 13.8. The van der Waals surface area contributed by atoms with Crippen LogP contribution in [0.3, 0.4) is 0 Å². The van der Waals surface area contributed by atoms with Crippen molar-refractivity contribution in [2.75, 3.05) is 18.8 Å². The minimum atomic E-state index is 0.0277. The van der Waals surface area contributed by atoms with Crippen LogP contribution in [0.2, 0.25) is 0 Å². The topological polar surface area (TPSA) is 59.2 Å². The molecule has 1 aliphatic heterocycles. The van der Waals surface area contributed by atoms with Crippen LogP contribution in [0.1, 0.15) is 48.7 Å². The van der Waals surface area contributed by atoms with E-state index in [-0.39, 0.29) is 5.91 Å². The third-order valence-electron chi connectivity index (χ3n) is 3.90. The molecule has 104 valence electrons. The normalized spacial score (nSPS) is 16.6. The number of hydrogen-bond donors (Lipinski definition) is 1. The van der Waals surface area contributed by atoms with Gasteiger partial charge < -0.3 is 10.6 Å². The van der Waals surface area contributed by atoms with Crippen LogP contribution in [0.15, 0.2) is 12.3 Å². The van der Waals surface area contributed by atoms with Gasteiger partial charge in [-0.1, -0.05) is 19.8 Å². The molecule has 1 fully saturated rings. The number of rotatable bonds is 3. The van der Waals surface area contributed by atoms with Gasteiger partial charge in [-0.05, 0) is 31.7 Å². The van der Waals surface area contributed by atoms with E-state index in [4.69, 9.17) is 5.73 Å². The molecule has 1 amide bonds. The van der Waals surface area contributed by atoms with E-state index in [0.29, 0.717) is 11.3 Å². The molecule has 0 unspecified atom stereocenters. The summed E-state index contributed by atoms with van der Waals surface area (Å²) in [6.07, 6.45) is 6.33. The number of nitrogens with two attached hydrogens (primary N) is 1. The Kier molecular flexibility index (Phi) is 4.40. The monoisotopic (exact) mass is 261 g/mol. The van der Waals surface area contributed by atoms with E-state index in [0.717, 1.165) is 37.5 Å². The van der Waals surface area contributed by atoms with E-state index >= 15 is 0 Å². The van der Waals surface area contributed by atoms with Gasteiger partial charge in [0, 0.05) is 30.7 Å². The maximum atomic E-state index is 12.4. The third kappa shape index (κ3) is 3.25. The van der Waals surface area contributed by atoms with Crippen LogP contribution in [0.4, 0.5) is 5.69 Å². The van der Waals surface area contributed by atoms with Crippen molar-refractivity contribution in [3.8, 4) is 0 Å². The van der Waals surface area contributed by atoms with E-state index in [1.54, 1.807) is 12.3 Å². The fraction of sp³-hybridized carbons (Fsp3) is 0.600. The Labute approximate surface area is 115 Å². The number of aryl methyl sites for hydroxylation is 1. The molecule has 2 rings (SSSR count). The minimum Gasteiger partial charge on any atom is -0.398 e. The van der Waals surface area contributed by atoms with E-state index < -0.39 is 0 Å². The Balaban J connectivity index is 2.01. The molecule has 1 aromatic heterocycles. The highest BCUT2D eigenvalue weighted by Gasteiger charge is 2.24. The van der Waals surface area contributed by atoms with Crippen molar-refractivity contribution in [3.05, 3.63) is 23.5 Å². The van der Waals surface area contributed by atoms with Gasteiger partial charge in [-0.3, -0.25) is 9.78 Å². The summed E-state index contributed by atoms with van der Waals surface area (Å²) >= 11 is 0. The van der Waals surface area contributed by atoms with Crippen molar-refractivity contribution < 1.29 is 4.79 Å². The lowest BCUT2D eigenvalue weighted by atomic mass is 9.92. The molecule has 1 aromatic rings. The van der Waals surface area contributed by atoms with Gasteiger partial charge in [-0.2, -0.15) is 0 Å².